The summed E-state index contributed by atoms with van der Waals surface area (Å²) in [5.41, 5.74) is 3.16. The second-order valence-electron chi connectivity index (χ2n) is 15.9. The molecular formula is C44H42B2Br4O4S3. The van der Waals surface area contributed by atoms with Crippen LogP contribution in [0.4, 0.5) is 0 Å². The van der Waals surface area contributed by atoms with E-state index in [-0.39, 0.29) is 22.4 Å². The average molecular weight is 1070 g/mol. The van der Waals surface area contributed by atoms with Gasteiger partial charge in [0.15, 0.2) is 0 Å². The van der Waals surface area contributed by atoms with Crippen molar-refractivity contribution in [3.63, 3.8) is 0 Å². The van der Waals surface area contributed by atoms with Crippen LogP contribution in [-0.2, 0) is 18.6 Å². The van der Waals surface area contributed by atoms with E-state index in [0.717, 1.165) is 38.9 Å². The normalized spacial score (nSPS) is 17.7. The van der Waals surface area contributed by atoms with Gasteiger partial charge in [-0.25, -0.2) is 0 Å². The molecule has 0 bridgehead atoms. The number of benzene rings is 4. The Kier molecular flexibility index (Phi) is 13.0. The van der Waals surface area contributed by atoms with Crippen LogP contribution >= 0.6 is 97.7 Å². The Hall–Kier alpha value is -1.61. The molecule has 4 nitrogen and oxygen atoms in total. The van der Waals surface area contributed by atoms with Crippen molar-refractivity contribution in [2.24, 2.45) is 0 Å². The van der Waals surface area contributed by atoms with E-state index in [4.69, 9.17) is 18.6 Å². The third-order valence-electron chi connectivity index (χ3n) is 11.2. The molecule has 0 N–H and O–H groups in total. The predicted molar refractivity (Wildman–Crippen MR) is 261 cm³/mol. The highest BCUT2D eigenvalue weighted by Crippen LogP contribution is 2.43. The highest BCUT2D eigenvalue weighted by Gasteiger charge is 2.53. The Labute approximate surface area is 382 Å². The molecule has 0 radical (unpaired) electrons. The molecule has 57 heavy (non-hydrogen) atoms. The number of rotatable bonds is 4. The second kappa shape index (κ2) is 17.0. The van der Waals surface area contributed by atoms with Crippen molar-refractivity contribution >= 4 is 144 Å². The maximum Gasteiger partial charge on any atom is 0.495 e. The minimum absolute atomic E-state index is 0.372. The van der Waals surface area contributed by atoms with E-state index in [1.54, 1.807) is 34.0 Å². The highest BCUT2D eigenvalue weighted by atomic mass is 79.9. The first kappa shape index (κ1) is 43.5. The zero-order valence-corrected chi connectivity index (χ0v) is 41.7. The van der Waals surface area contributed by atoms with E-state index in [0.29, 0.717) is 0 Å². The molecule has 4 aromatic carbocycles. The molecule has 9 rings (SSSR count). The predicted octanol–water partition coefficient (Wildman–Crippen LogP) is 14.5. The van der Waals surface area contributed by atoms with Crippen molar-refractivity contribution in [3.8, 4) is 20.9 Å². The molecule has 13 heteroatoms. The molecule has 0 unspecified atom stereocenters. The average Bonchev–Trinajstić information content (AvgIpc) is 3.97. The minimum Gasteiger partial charge on any atom is -0.399 e. The van der Waals surface area contributed by atoms with Gasteiger partial charge in [0.2, 0.25) is 0 Å². The largest absolute Gasteiger partial charge is 0.495 e. The molecule has 0 atom stereocenters. The van der Waals surface area contributed by atoms with Crippen LogP contribution in [0.5, 0.6) is 0 Å². The summed E-state index contributed by atoms with van der Waals surface area (Å²) in [7, 11) is -0.801. The summed E-state index contributed by atoms with van der Waals surface area (Å²) < 4.78 is 29.8. The van der Waals surface area contributed by atoms with Crippen LogP contribution in [0.3, 0.4) is 0 Å². The fourth-order valence-corrected chi connectivity index (χ4v) is 11.5. The molecule has 0 spiro atoms. The van der Waals surface area contributed by atoms with Gasteiger partial charge in [-0.2, -0.15) is 0 Å². The number of thiophene rings is 3. The molecule has 2 aliphatic heterocycles. The smallest absolute Gasteiger partial charge is 0.399 e. The van der Waals surface area contributed by atoms with Crippen molar-refractivity contribution < 1.29 is 18.6 Å². The molecule has 2 fully saturated rings. The van der Waals surface area contributed by atoms with Crippen LogP contribution in [0.1, 0.15) is 55.4 Å². The lowest BCUT2D eigenvalue weighted by atomic mass is 9.71. The lowest BCUT2D eigenvalue weighted by molar-refractivity contribution is 0.00578. The summed E-state index contributed by atoms with van der Waals surface area (Å²) in [5.74, 6) is 0. The van der Waals surface area contributed by atoms with Gasteiger partial charge in [-0.05, 0) is 186 Å². The van der Waals surface area contributed by atoms with Gasteiger partial charge < -0.3 is 18.6 Å². The minimum atomic E-state index is -0.401. The van der Waals surface area contributed by atoms with Gasteiger partial charge in [-0.1, -0.05) is 72.8 Å². The Bertz CT molecular complexity index is 2340. The molecular weight excluding hydrogens is 1030 g/mol. The monoisotopic (exact) mass is 1070 g/mol. The SMILES string of the molecule is Brc1ccsc1-c1cccc2c(-c3sccc3Br)cccc12.Brc1ccsc1Br.CC1(C)OB(c2cccc3c(B4OC(C)(C)C(C)(C)O4)cccc23)OC1(C)C. The third kappa shape index (κ3) is 8.78. The Balaban J connectivity index is 0.000000151. The first-order valence-corrected chi connectivity index (χ1v) is 24.3. The van der Waals surface area contributed by atoms with Gasteiger partial charge in [0.05, 0.1) is 26.2 Å². The summed E-state index contributed by atoms with van der Waals surface area (Å²) >= 11 is 19.2. The van der Waals surface area contributed by atoms with Gasteiger partial charge in [0.1, 0.15) is 0 Å². The Morgan fingerprint density at radius 2 is 0.737 bits per heavy atom. The number of halogens is 4. The van der Waals surface area contributed by atoms with E-state index < -0.39 is 14.2 Å². The first-order chi connectivity index (χ1) is 26.9. The van der Waals surface area contributed by atoms with Crippen molar-refractivity contribution in [1.29, 1.82) is 0 Å². The van der Waals surface area contributed by atoms with E-state index >= 15 is 0 Å². The zero-order chi connectivity index (χ0) is 40.9. The van der Waals surface area contributed by atoms with Gasteiger partial charge in [0, 0.05) is 34.3 Å². The van der Waals surface area contributed by atoms with Crippen molar-refractivity contribution in [3.05, 3.63) is 124 Å². The summed E-state index contributed by atoms with van der Waals surface area (Å²) in [5, 5.41) is 11.1. The molecule has 7 aromatic rings. The van der Waals surface area contributed by atoms with E-state index in [1.807, 2.05) is 11.4 Å². The van der Waals surface area contributed by atoms with Gasteiger partial charge in [0.25, 0.3) is 0 Å². The maximum atomic E-state index is 6.31. The van der Waals surface area contributed by atoms with E-state index in [9.17, 15) is 0 Å². The molecule has 0 aliphatic carbocycles. The zero-order valence-electron chi connectivity index (χ0n) is 32.9. The van der Waals surface area contributed by atoms with E-state index in [1.165, 1.54) is 31.7 Å². The summed E-state index contributed by atoms with van der Waals surface area (Å²) in [4.78, 5) is 2.57. The van der Waals surface area contributed by atoms with Crippen molar-refractivity contribution in [2.45, 2.75) is 77.8 Å². The molecule has 294 valence electrons. The van der Waals surface area contributed by atoms with Crippen LogP contribution in [-0.4, -0.2) is 36.6 Å². The summed E-state index contributed by atoms with van der Waals surface area (Å²) in [6, 6.07) is 31.8. The maximum absolute atomic E-state index is 6.31. The van der Waals surface area contributed by atoms with E-state index in [2.05, 4.69) is 215 Å². The van der Waals surface area contributed by atoms with Crippen LogP contribution < -0.4 is 10.9 Å². The number of hydrogen-bond acceptors (Lipinski definition) is 7. The van der Waals surface area contributed by atoms with Gasteiger partial charge >= 0.3 is 14.2 Å². The van der Waals surface area contributed by atoms with Crippen LogP contribution in [0.15, 0.2) is 124 Å². The third-order valence-corrected chi connectivity index (χ3v) is 18.1. The lowest BCUT2D eigenvalue weighted by Gasteiger charge is -2.32. The van der Waals surface area contributed by atoms with Crippen LogP contribution in [0, 0.1) is 0 Å². The highest BCUT2D eigenvalue weighted by molar-refractivity contribution is 9.13. The molecule has 5 heterocycles. The molecule has 0 amide bonds. The fraction of sp³-hybridized carbons (Fsp3) is 0.273. The number of fused-ring (bicyclic) bond motifs is 2. The van der Waals surface area contributed by atoms with Crippen LogP contribution in [0.2, 0.25) is 0 Å². The lowest BCUT2D eigenvalue weighted by Crippen LogP contribution is -2.41. The standard InChI is InChI=1S/C22H30B2O4.C18H10Br2S2.C4H2Br2S/c1-19(2)20(3,4)26-23(25-19)17-13-9-12-16-15(17)11-10-14-18(16)24-27-21(5,6)22(7,8)28-24;19-15-7-9-21-17(15)13-5-1-3-11-12(13)4-2-6-14(11)18-16(20)8-10-22-18;5-3-1-2-7-4(3)6/h9-14H,1-8H3;1-10H;1-2H. The van der Waals surface area contributed by atoms with Crippen molar-refractivity contribution in [1.82, 2.24) is 0 Å². The molecule has 2 saturated heterocycles. The first-order valence-electron chi connectivity index (χ1n) is 18.5. The number of hydrogen-bond donors (Lipinski definition) is 0. The molecule has 0 saturated carbocycles. The molecule has 3 aromatic heterocycles. The van der Waals surface area contributed by atoms with Crippen LogP contribution in [0.25, 0.3) is 42.4 Å². The molecule has 2 aliphatic rings. The topological polar surface area (TPSA) is 36.9 Å². The fourth-order valence-electron chi connectivity index (χ4n) is 6.66. The summed E-state index contributed by atoms with van der Waals surface area (Å²) in [6.07, 6.45) is 0. The second-order valence-corrected chi connectivity index (χ2v) is 22.5. The Morgan fingerprint density at radius 1 is 0.404 bits per heavy atom. The summed E-state index contributed by atoms with van der Waals surface area (Å²) in [6.45, 7) is 16.6. The quantitative estimate of drug-likeness (QED) is 0.165. The Morgan fingerprint density at radius 3 is 1.04 bits per heavy atom. The van der Waals surface area contributed by atoms with Gasteiger partial charge in [-0.15, -0.1) is 34.0 Å². The van der Waals surface area contributed by atoms with Crippen molar-refractivity contribution in [2.75, 3.05) is 0 Å². The van der Waals surface area contributed by atoms with Gasteiger partial charge in [-0.3, -0.25) is 0 Å².